The number of hydrogen-bond donors (Lipinski definition) is 7. The van der Waals surface area contributed by atoms with Crippen LogP contribution in [0.25, 0.3) is 0 Å². The Kier molecular flexibility index (Phi) is 12.8. The van der Waals surface area contributed by atoms with Crippen LogP contribution in [-0.2, 0) is 19.2 Å². The molecule has 0 heterocycles. The predicted molar refractivity (Wildman–Crippen MR) is 107 cm³/mol. The van der Waals surface area contributed by atoms with Crippen LogP contribution in [0.15, 0.2) is 0 Å². The summed E-state index contributed by atoms with van der Waals surface area (Å²) in [5, 5.41) is 25.9. The quantitative estimate of drug-likeness (QED) is 0.158. The number of hydrogen-bond acceptors (Lipinski definition) is 7. The molecule has 168 valence electrons. The van der Waals surface area contributed by atoms with E-state index in [0.29, 0.717) is 25.8 Å². The van der Waals surface area contributed by atoms with Crippen LogP contribution < -0.4 is 27.4 Å². The SMILES string of the molecule is CCC(C)C(NC(=O)CNC(=O)C(CCCCN)NC(=O)C(N)C(C)O)C(=O)O. The zero-order chi connectivity index (χ0) is 22.6. The number of unbranched alkanes of at least 4 members (excludes halogenated alkanes) is 1. The summed E-state index contributed by atoms with van der Waals surface area (Å²) in [7, 11) is 0. The fraction of sp³-hybridized carbons (Fsp3) is 0.778. The summed E-state index contributed by atoms with van der Waals surface area (Å²) in [6.45, 7) is 4.84. The fourth-order valence-electron chi connectivity index (χ4n) is 2.45. The van der Waals surface area contributed by atoms with Crippen LogP contribution in [0.3, 0.4) is 0 Å². The molecule has 0 aliphatic carbocycles. The standard InChI is InChI=1S/C18H35N5O6/c1-4-10(2)15(18(28)29)23-13(25)9-21-16(26)12(7-5-6-8-19)22-17(27)14(20)11(3)24/h10-12,14-15,24H,4-9,19-20H2,1-3H3,(H,21,26)(H,22,27)(H,23,25)(H,28,29). The highest BCUT2D eigenvalue weighted by molar-refractivity contribution is 5.92. The van der Waals surface area contributed by atoms with E-state index in [0.717, 1.165) is 0 Å². The van der Waals surface area contributed by atoms with Crippen molar-refractivity contribution < 1.29 is 29.4 Å². The lowest BCUT2D eigenvalue weighted by atomic mass is 9.99. The summed E-state index contributed by atoms with van der Waals surface area (Å²) in [6, 6.07) is -3.22. The van der Waals surface area contributed by atoms with Crippen LogP contribution in [-0.4, -0.2) is 71.2 Å². The van der Waals surface area contributed by atoms with E-state index in [9.17, 15) is 29.4 Å². The van der Waals surface area contributed by atoms with Crippen molar-refractivity contribution in [2.45, 2.75) is 70.7 Å². The first-order valence-corrected chi connectivity index (χ1v) is 9.79. The Morgan fingerprint density at radius 3 is 2.14 bits per heavy atom. The third-order valence-electron chi connectivity index (χ3n) is 4.62. The van der Waals surface area contributed by atoms with E-state index in [1.165, 1.54) is 6.92 Å². The molecule has 0 saturated carbocycles. The van der Waals surface area contributed by atoms with Gasteiger partial charge in [-0.25, -0.2) is 4.79 Å². The van der Waals surface area contributed by atoms with Gasteiger partial charge in [0.15, 0.2) is 0 Å². The molecule has 0 aromatic carbocycles. The second kappa shape index (κ2) is 13.9. The van der Waals surface area contributed by atoms with Gasteiger partial charge >= 0.3 is 5.97 Å². The normalized spacial score (nSPS) is 16.1. The Labute approximate surface area is 171 Å². The summed E-state index contributed by atoms with van der Waals surface area (Å²) in [6.07, 6.45) is 0.926. The van der Waals surface area contributed by atoms with Crippen LogP contribution in [0.2, 0.25) is 0 Å². The number of aliphatic hydroxyl groups is 1. The zero-order valence-corrected chi connectivity index (χ0v) is 17.3. The van der Waals surface area contributed by atoms with E-state index >= 15 is 0 Å². The number of carboxylic acid groups (broad SMARTS) is 1. The molecule has 5 unspecified atom stereocenters. The molecule has 0 saturated heterocycles. The van der Waals surface area contributed by atoms with Gasteiger partial charge in [-0.3, -0.25) is 14.4 Å². The van der Waals surface area contributed by atoms with Gasteiger partial charge in [0.25, 0.3) is 0 Å². The molecule has 0 aromatic heterocycles. The number of aliphatic hydroxyl groups excluding tert-OH is 1. The third kappa shape index (κ3) is 10.2. The van der Waals surface area contributed by atoms with Gasteiger partial charge in [0.05, 0.1) is 12.6 Å². The molecule has 0 aliphatic rings. The number of carbonyl (C=O) groups is 4. The summed E-state index contributed by atoms with van der Waals surface area (Å²) < 4.78 is 0. The Morgan fingerprint density at radius 2 is 1.66 bits per heavy atom. The molecule has 0 aliphatic heterocycles. The number of carbonyl (C=O) groups excluding carboxylic acids is 3. The Balaban J connectivity index is 4.87. The molecular weight excluding hydrogens is 382 g/mol. The van der Waals surface area contributed by atoms with Crippen molar-refractivity contribution in [3.8, 4) is 0 Å². The van der Waals surface area contributed by atoms with Gasteiger partial charge in [-0.15, -0.1) is 0 Å². The molecule has 0 rings (SSSR count). The molecule has 9 N–H and O–H groups in total. The molecule has 0 spiro atoms. The molecule has 0 bridgehead atoms. The Hall–Kier alpha value is -2.24. The minimum atomic E-state index is -1.20. The Bertz CT molecular complexity index is 557. The van der Waals surface area contributed by atoms with Gasteiger partial charge in [-0.1, -0.05) is 20.3 Å². The first-order chi connectivity index (χ1) is 13.5. The van der Waals surface area contributed by atoms with Gasteiger partial charge in [-0.2, -0.15) is 0 Å². The monoisotopic (exact) mass is 417 g/mol. The lowest BCUT2D eigenvalue weighted by molar-refractivity contribution is -0.143. The highest BCUT2D eigenvalue weighted by atomic mass is 16.4. The van der Waals surface area contributed by atoms with E-state index in [-0.39, 0.29) is 12.3 Å². The molecule has 0 fully saturated rings. The largest absolute Gasteiger partial charge is 0.480 e. The van der Waals surface area contributed by atoms with Crippen LogP contribution in [0.5, 0.6) is 0 Å². The summed E-state index contributed by atoms with van der Waals surface area (Å²) in [5.74, 6) is -3.40. The molecule has 0 aromatic rings. The first-order valence-electron chi connectivity index (χ1n) is 9.79. The maximum Gasteiger partial charge on any atom is 0.326 e. The van der Waals surface area contributed by atoms with Crippen molar-refractivity contribution in [1.29, 1.82) is 0 Å². The van der Waals surface area contributed by atoms with Gasteiger partial charge in [0, 0.05) is 0 Å². The molecule has 0 radical (unpaired) electrons. The number of nitrogens with one attached hydrogen (secondary N) is 3. The molecule has 3 amide bonds. The molecule has 29 heavy (non-hydrogen) atoms. The molecule has 11 heteroatoms. The van der Waals surface area contributed by atoms with Crippen molar-refractivity contribution in [2.75, 3.05) is 13.1 Å². The van der Waals surface area contributed by atoms with E-state index in [4.69, 9.17) is 11.5 Å². The zero-order valence-electron chi connectivity index (χ0n) is 17.3. The molecule has 5 atom stereocenters. The van der Waals surface area contributed by atoms with E-state index in [2.05, 4.69) is 16.0 Å². The van der Waals surface area contributed by atoms with Crippen molar-refractivity contribution in [3.05, 3.63) is 0 Å². The molecule has 11 nitrogen and oxygen atoms in total. The minimum Gasteiger partial charge on any atom is -0.480 e. The van der Waals surface area contributed by atoms with E-state index < -0.39 is 54.5 Å². The van der Waals surface area contributed by atoms with E-state index in [1.54, 1.807) is 13.8 Å². The van der Waals surface area contributed by atoms with E-state index in [1.807, 2.05) is 0 Å². The van der Waals surface area contributed by atoms with Crippen molar-refractivity contribution >= 4 is 23.7 Å². The second-order valence-corrected chi connectivity index (χ2v) is 7.10. The highest BCUT2D eigenvalue weighted by Gasteiger charge is 2.27. The number of aliphatic carboxylic acids is 1. The average molecular weight is 418 g/mol. The van der Waals surface area contributed by atoms with Crippen LogP contribution in [0, 0.1) is 5.92 Å². The summed E-state index contributed by atoms with van der Waals surface area (Å²) in [5.41, 5.74) is 11.0. The van der Waals surface area contributed by atoms with Crippen molar-refractivity contribution in [3.63, 3.8) is 0 Å². The van der Waals surface area contributed by atoms with Gasteiger partial charge < -0.3 is 37.6 Å². The average Bonchev–Trinajstić information content (AvgIpc) is 2.67. The number of rotatable bonds is 14. The predicted octanol–water partition coefficient (Wildman–Crippen LogP) is -1.96. The minimum absolute atomic E-state index is 0.271. The lowest BCUT2D eigenvalue weighted by Crippen LogP contribution is -2.55. The number of amides is 3. The fourth-order valence-corrected chi connectivity index (χ4v) is 2.45. The maximum absolute atomic E-state index is 12.4. The van der Waals surface area contributed by atoms with Crippen LogP contribution in [0.4, 0.5) is 0 Å². The smallest absolute Gasteiger partial charge is 0.326 e. The molecular formula is C18H35N5O6. The topological polar surface area (TPSA) is 197 Å². The van der Waals surface area contributed by atoms with Crippen molar-refractivity contribution in [2.24, 2.45) is 17.4 Å². The number of nitrogens with two attached hydrogens (primary N) is 2. The van der Waals surface area contributed by atoms with Crippen LogP contribution >= 0.6 is 0 Å². The summed E-state index contributed by atoms with van der Waals surface area (Å²) >= 11 is 0. The first kappa shape index (κ1) is 26.8. The highest BCUT2D eigenvalue weighted by Crippen LogP contribution is 2.07. The Morgan fingerprint density at radius 1 is 1.03 bits per heavy atom. The second-order valence-electron chi connectivity index (χ2n) is 7.10. The van der Waals surface area contributed by atoms with Crippen molar-refractivity contribution in [1.82, 2.24) is 16.0 Å². The van der Waals surface area contributed by atoms with Gasteiger partial charge in [0.2, 0.25) is 17.7 Å². The third-order valence-corrected chi connectivity index (χ3v) is 4.62. The maximum atomic E-state index is 12.4. The van der Waals surface area contributed by atoms with Gasteiger partial charge in [0.1, 0.15) is 18.1 Å². The van der Waals surface area contributed by atoms with Crippen LogP contribution in [0.1, 0.15) is 46.5 Å². The lowest BCUT2D eigenvalue weighted by Gasteiger charge is -2.22. The number of carboxylic acids is 1. The summed E-state index contributed by atoms with van der Waals surface area (Å²) in [4.78, 5) is 47.8. The van der Waals surface area contributed by atoms with Gasteiger partial charge in [-0.05, 0) is 38.6 Å².